The minimum absolute atomic E-state index is 0.0219. The van der Waals surface area contributed by atoms with Gasteiger partial charge in [-0.05, 0) is 75.2 Å². The van der Waals surface area contributed by atoms with Crippen LogP contribution in [0.25, 0.3) is 0 Å². The van der Waals surface area contributed by atoms with Crippen LogP contribution in [0.5, 0.6) is 5.75 Å². The number of carbonyl (C=O) groups excluding carboxylic acids is 1. The number of aliphatic hydroxyl groups excluding tert-OH is 1. The second-order valence-electron chi connectivity index (χ2n) is 10.4. The molecule has 1 saturated carbocycles. The first-order chi connectivity index (χ1) is 17.6. The lowest BCUT2D eigenvalue weighted by Gasteiger charge is -2.34. The van der Waals surface area contributed by atoms with Crippen LogP contribution in [0.15, 0.2) is 47.4 Å². The smallest absolute Gasteiger partial charge is 0.261 e. The molecule has 202 valence electrons. The molecule has 2 N–H and O–H groups in total. The van der Waals surface area contributed by atoms with E-state index in [1.54, 1.807) is 23.1 Å². The van der Waals surface area contributed by atoms with Crippen LogP contribution in [0.3, 0.4) is 0 Å². The first-order valence-corrected chi connectivity index (χ1v) is 14.6. The summed E-state index contributed by atoms with van der Waals surface area (Å²) in [7, 11) is -1.75. The van der Waals surface area contributed by atoms with E-state index in [9.17, 15) is 18.3 Å². The summed E-state index contributed by atoms with van der Waals surface area (Å²) in [6, 6.07) is 10.6. The molecule has 0 bridgehead atoms. The number of anilines is 1. The van der Waals surface area contributed by atoms with Crippen molar-refractivity contribution in [1.82, 2.24) is 9.80 Å². The van der Waals surface area contributed by atoms with Gasteiger partial charge in [0.2, 0.25) is 5.91 Å². The highest BCUT2D eigenvalue weighted by Gasteiger charge is 2.32. The second-order valence-corrected chi connectivity index (χ2v) is 12.6. The molecule has 0 radical (unpaired) electrons. The third-order valence-electron chi connectivity index (χ3n) is 7.05. The Hall–Kier alpha value is -2.33. The van der Waals surface area contributed by atoms with Crippen LogP contribution in [0, 0.1) is 11.8 Å². The van der Waals surface area contributed by atoms with Gasteiger partial charge < -0.3 is 19.6 Å². The number of ether oxygens (including phenoxy) is 1. The average molecular weight is 550 g/mol. The number of sulfonamides is 1. The number of halogens is 1. The Labute approximate surface area is 224 Å². The molecule has 1 fully saturated rings. The zero-order valence-electron chi connectivity index (χ0n) is 21.6. The van der Waals surface area contributed by atoms with Crippen LogP contribution in [-0.4, -0.2) is 74.7 Å². The van der Waals surface area contributed by atoms with Crippen LogP contribution in [0.1, 0.15) is 32.3 Å². The summed E-state index contributed by atoms with van der Waals surface area (Å²) < 4.78 is 35.0. The molecule has 1 amide bonds. The van der Waals surface area contributed by atoms with Crippen molar-refractivity contribution in [2.24, 2.45) is 11.8 Å². The minimum atomic E-state index is -3.85. The molecule has 1 heterocycles. The van der Waals surface area contributed by atoms with Gasteiger partial charge in [0.15, 0.2) is 0 Å². The molecule has 2 aromatic rings. The quantitative estimate of drug-likeness (QED) is 0.495. The summed E-state index contributed by atoms with van der Waals surface area (Å²) in [5, 5.41) is 10.3. The Morgan fingerprint density at radius 1 is 1.19 bits per heavy atom. The van der Waals surface area contributed by atoms with E-state index in [1.165, 1.54) is 37.1 Å². The molecule has 1 aliphatic carbocycles. The Bertz CT molecular complexity index is 1200. The van der Waals surface area contributed by atoms with Gasteiger partial charge in [0, 0.05) is 41.8 Å². The van der Waals surface area contributed by atoms with Crippen LogP contribution in [0.2, 0.25) is 5.02 Å². The first kappa shape index (κ1) is 27.7. The van der Waals surface area contributed by atoms with Crippen LogP contribution < -0.4 is 9.46 Å². The average Bonchev–Trinajstić information content (AvgIpc) is 3.65. The van der Waals surface area contributed by atoms with Crippen molar-refractivity contribution >= 4 is 33.2 Å². The van der Waals surface area contributed by atoms with Crippen LogP contribution >= 0.6 is 11.6 Å². The van der Waals surface area contributed by atoms with Crippen molar-refractivity contribution in [2.75, 3.05) is 38.0 Å². The Balaban J connectivity index is 1.63. The Morgan fingerprint density at radius 3 is 2.54 bits per heavy atom. The van der Waals surface area contributed by atoms with Crippen molar-refractivity contribution < 1.29 is 23.1 Å². The molecule has 1 aliphatic heterocycles. The number of hydrogen-bond donors (Lipinski definition) is 2. The summed E-state index contributed by atoms with van der Waals surface area (Å²) >= 11 is 5.90. The number of hydrogen-bond acceptors (Lipinski definition) is 6. The summed E-state index contributed by atoms with van der Waals surface area (Å²) in [5.74, 6) is 1.20. The van der Waals surface area contributed by atoms with Gasteiger partial charge in [-0.25, -0.2) is 8.42 Å². The lowest BCUT2D eigenvalue weighted by molar-refractivity contribution is -0.134. The summed E-state index contributed by atoms with van der Waals surface area (Å²) in [5.41, 5.74) is 0.932. The fraction of sp³-hybridized carbons (Fsp3) is 0.519. The summed E-state index contributed by atoms with van der Waals surface area (Å²) in [6.07, 6.45) is 2.38. The lowest BCUT2D eigenvalue weighted by Crippen LogP contribution is -2.47. The summed E-state index contributed by atoms with van der Waals surface area (Å²) in [4.78, 5) is 17.4. The highest BCUT2D eigenvalue weighted by molar-refractivity contribution is 7.92. The summed E-state index contributed by atoms with van der Waals surface area (Å²) in [6.45, 7) is 5.94. The number of nitrogens with zero attached hydrogens (tertiary/aromatic N) is 2. The number of carbonyl (C=O) groups is 1. The molecule has 2 aliphatic rings. The molecule has 0 unspecified atom stereocenters. The first-order valence-electron chi connectivity index (χ1n) is 12.7. The van der Waals surface area contributed by atoms with Gasteiger partial charge in [-0.15, -0.1) is 0 Å². The number of aliphatic hydroxyl groups is 1. The number of amides is 1. The Kier molecular flexibility index (Phi) is 8.68. The maximum Gasteiger partial charge on any atom is 0.261 e. The number of benzene rings is 2. The molecule has 0 aromatic heterocycles. The van der Waals surface area contributed by atoms with E-state index in [4.69, 9.17) is 16.3 Å². The van der Waals surface area contributed by atoms with Gasteiger partial charge in [-0.2, -0.15) is 0 Å². The fourth-order valence-electron chi connectivity index (χ4n) is 4.66. The molecular formula is C27H36ClN3O5S. The van der Waals surface area contributed by atoms with E-state index >= 15 is 0 Å². The van der Waals surface area contributed by atoms with E-state index in [0.29, 0.717) is 35.1 Å². The minimum Gasteiger partial charge on any atom is -0.488 e. The lowest BCUT2D eigenvalue weighted by atomic mass is 10.0. The van der Waals surface area contributed by atoms with Crippen molar-refractivity contribution in [2.45, 2.75) is 50.2 Å². The molecule has 4 rings (SSSR count). The van der Waals surface area contributed by atoms with Crippen molar-refractivity contribution in [1.29, 1.82) is 0 Å². The molecule has 8 nitrogen and oxygen atoms in total. The van der Waals surface area contributed by atoms with Crippen LogP contribution in [-0.2, 0) is 21.2 Å². The molecule has 37 heavy (non-hydrogen) atoms. The number of nitrogens with one attached hydrogen (secondary N) is 1. The molecule has 0 spiro atoms. The normalized spacial score (nSPS) is 21.5. The molecule has 10 heteroatoms. The van der Waals surface area contributed by atoms with E-state index in [0.717, 1.165) is 12.5 Å². The SMILES string of the molecule is C[C@@H]1CN([C@@H](C)CO)C(=O)Cc2cc(NS(=O)(=O)c3ccc(Cl)cc3)ccc2O[C@H]1CN(C)CC1CC1. The van der Waals surface area contributed by atoms with E-state index in [-0.39, 0.29) is 41.9 Å². The fourth-order valence-corrected chi connectivity index (χ4v) is 5.84. The second kappa shape index (κ2) is 11.6. The van der Waals surface area contributed by atoms with Crippen LogP contribution in [0.4, 0.5) is 5.69 Å². The van der Waals surface area contributed by atoms with E-state index < -0.39 is 10.0 Å². The monoisotopic (exact) mass is 549 g/mol. The number of rotatable bonds is 9. The van der Waals surface area contributed by atoms with Gasteiger partial charge >= 0.3 is 0 Å². The van der Waals surface area contributed by atoms with Gasteiger partial charge in [0.25, 0.3) is 10.0 Å². The highest BCUT2D eigenvalue weighted by atomic mass is 35.5. The topological polar surface area (TPSA) is 99.2 Å². The largest absolute Gasteiger partial charge is 0.488 e. The maximum atomic E-state index is 13.4. The van der Waals surface area contributed by atoms with Gasteiger partial charge in [-0.1, -0.05) is 18.5 Å². The number of fused-ring (bicyclic) bond motifs is 1. The van der Waals surface area contributed by atoms with Crippen molar-refractivity contribution in [3.63, 3.8) is 0 Å². The third-order valence-corrected chi connectivity index (χ3v) is 8.70. The Morgan fingerprint density at radius 2 is 1.89 bits per heavy atom. The van der Waals surface area contributed by atoms with Crippen molar-refractivity contribution in [3.8, 4) is 5.75 Å². The predicted octanol–water partition coefficient (Wildman–Crippen LogP) is 3.63. The predicted molar refractivity (Wildman–Crippen MR) is 144 cm³/mol. The maximum absolute atomic E-state index is 13.4. The number of likely N-dealkylation sites (N-methyl/N-ethyl adjacent to an activating group) is 1. The standard InChI is InChI=1S/C27H36ClN3O5S/c1-18-14-31(19(2)17-32)27(33)13-21-12-23(29-37(34,35)24-9-6-22(28)7-10-24)8-11-25(21)36-26(18)16-30(3)15-20-4-5-20/h6-12,18-20,26,29,32H,4-5,13-17H2,1-3H3/t18-,19+,26+/m1/s1. The van der Waals surface area contributed by atoms with E-state index in [1.807, 2.05) is 6.92 Å². The highest BCUT2D eigenvalue weighted by Crippen LogP contribution is 2.32. The molecule has 3 atom stereocenters. The molecule has 2 aromatic carbocycles. The zero-order valence-corrected chi connectivity index (χ0v) is 23.1. The van der Waals surface area contributed by atoms with Crippen molar-refractivity contribution in [3.05, 3.63) is 53.1 Å². The van der Waals surface area contributed by atoms with E-state index in [2.05, 4.69) is 23.6 Å². The van der Waals surface area contributed by atoms with Gasteiger partial charge in [-0.3, -0.25) is 9.52 Å². The zero-order chi connectivity index (χ0) is 26.7. The third kappa shape index (κ3) is 7.16. The van der Waals surface area contributed by atoms with Gasteiger partial charge in [0.05, 0.1) is 24.0 Å². The molecule has 0 saturated heterocycles. The van der Waals surface area contributed by atoms with Gasteiger partial charge in [0.1, 0.15) is 11.9 Å². The molecular weight excluding hydrogens is 514 g/mol.